The van der Waals surface area contributed by atoms with Crippen LogP contribution in [-0.4, -0.2) is 5.78 Å². The third-order valence-electron chi connectivity index (χ3n) is 11.0. The first-order valence-electron chi connectivity index (χ1n) is 16.5. The maximum atomic E-state index is 14.1. The van der Waals surface area contributed by atoms with Crippen molar-refractivity contribution in [3.05, 3.63) is 89.5 Å². The van der Waals surface area contributed by atoms with Crippen LogP contribution in [0.5, 0.6) is 0 Å². The van der Waals surface area contributed by atoms with Gasteiger partial charge in [-0.2, -0.15) is 0 Å². The molecule has 1 spiro atoms. The summed E-state index contributed by atoms with van der Waals surface area (Å²) in [5, 5.41) is 0. The number of hydrogen-bond donors (Lipinski definition) is 0. The van der Waals surface area contributed by atoms with Gasteiger partial charge in [-0.05, 0) is 116 Å². The zero-order valence-electron chi connectivity index (χ0n) is 25.2. The fourth-order valence-corrected chi connectivity index (χ4v) is 8.29. The molecule has 0 N–H and O–H groups in total. The zero-order valence-corrected chi connectivity index (χ0v) is 25.2. The van der Waals surface area contributed by atoms with Gasteiger partial charge < -0.3 is 0 Å². The van der Waals surface area contributed by atoms with Gasteiger partial charge in [0.15, 0.2) is 5.78 Å². The first-order chi connectivity index (χ1) is 19.5. The van der Waals surface area contributed by atoms with E-state index in [0.29, 0.717) is 17.1 Å². The molecule has 5 rings (SSSR count). The number of hydrogen-bond acceptors (Lipinski definition) is 1. The lowest BCUT2D eigenvalue weighted by Crippen LogP contribution is -2.30. The van der Waals surface area contributed by atoms with E-state index in [2.05, 4.69) is 68.1 Å². The van der Waals surface area contributed by atoms with Crippen molar-refractivity contribution in [3.63, 3.8) is 0 Å². The molecule has 1 nitrogen and oxygen atoms in total. The summed E-state index contributed by atoms with van der Waals surface area (Å²) >= 11 is 0. The minimum absolute atomic E-state index is 0.203. The normalized spacial score (nSPS) is 23.7. The highest BCUT2D eigenvalue weighted by Gasteiger charge is 2.50. The molecular formula is C39H52O. The van der Waals surface area contributed by atoms with E-state index in [-0.39, 0.29) is 5.41 Å². The van der Waals surface area contributed by atoms with Crippen molar-refractivity contribution in [2.24, 2.45) is 16.7 Å². The highest BCUT2D eigenvalue weighted by molar-refractivity contribution is 5.95. The number of benzene rings is 2. The largest absolute Gasteiger partial charge is 0.294 e. The fourth-order valence-electron chi connectivity index (χ4n) is 8.29. The molecule has 0 bridgehead atoms. The van der Waals surface area contributed by atoms with Gasteiger partial charge in [0.1, 0.15) is 0 Å². The molecule has 3 saturated carbocycles. The van der Waals surface area contributed by atoms with E-state index in [1.807, 2.05) is 6.08 Å². The van der Waals surface area contributed by atoms with Crippen LogP contribution in [0.4, 0.5) is 0 Å². The molecule has 40 heavy (non-hydrogen) atoms. The van der Waals surface area contributed by atoms with Crippen LogP contribution >= 0.6 is 0 Å². The molecule has 1 atom stereocenters. The number of rotatable bonds is 9. The molecule has 0 aromatic heterocycles. The molecule has 3 aliphatic carbocycles. The van der Waals surface area contributed by atoms with E-state index < -0.39 is 0 Å². The Hall–Kier alpha value is -2.41. The van der Waals surface area contributed by atoms with Gasteiger partial charge in [-0.25, -0.2) is 0 Å². The molecule has 2 aromatic rings. The molecule has 0 radical (unpaired) electrons. The summed E-state index contributed by atoms with van der Waals surface area (Å²) in [5.74, 6) is 1.05. The predicted octanol–water partition coefficient (Wildman–Crippen LogP) is 10.8. The summed E-state index contributed by atoms with van der Waals surface area (Å²) in [4.78, 5) is 14.1. The zero-order chi connectivity index (χ0) is 27.8. The summed E-state index contributed by atoms with van der Waals surface area (Å²) in [6.45, 7) is 6.65. The standard InChI is InChI=1S/C39H52O/c1-31-14-9-10-15-34(31)18-13-19-37(40)39(29-28-38(30-39)25-11-4-3-5-12-26-38)27-24-33-20-22-36(23-21-33)32(2)35-16-7-6-8-17-35/h9-10,13-15,19-23,35H,2-8,11-12,16-18,24-30H2,1H3. The Labute approximate surface area is 244 Å². The number of carbonyl (C=O) groups excluding carboxylic acids is 1. The van der Waals surface area contributed by atoms with E-state index in [0.717, 1.165) is 32.1 Å². The van der Waals surface area contributed by atoms with Crippen molar-refractivity contribution >= 4 is 11.4 Å². The van der Waals surface area contributed by atoms with Crippen LogP contribution in [0.1, 0.15) is 125 Å². The maximum Gasteiger partial charge on any atom is 0.161 e. The van der Waals surface area contributed by atoms with Crippen molar-refractivity contribution in [2.45, 2.75) is 122 Å². The van der Waals surface area contributed by atoms with Gasteiger partial charge in [0.2, 0.25) is 0 Å². The van der Waals surface area contributed by atoms with Gasteiger partial charge >= 0.3 is 0 Å². The van der Waals surface area contributed by atoms with Crippen LogP contribution in [0.15, 0.2) is 67.3 Å². The van der Waals surface area contributed by atoms with E-state index in [9.17, 15) is 4.79 Å². The molecule has 0 saturated heterocycles. The molecule has 0 aliphatic heterocycles. The van der Waals surface area contributed by atoms with Gasteiger partial charge in [0.05, 0.1) is 0 Å². The van der Waals surface area contributed by atoms with Crippen molar-refractivity contribution in [3.8, 4) is 0 Å². The van der Waals surface area contributed by atoms with Gasteiger partial charge in [0.25, 0.3) is 0 Å². The Morgan fingerprint density at radius 1 is 0.850 bits per heavy atom. The average molecular weight is 537 g/mol. The van der Waals surface area contributed by atoms with Gasteiger partial charge in [-0.15, -0.1) is 0 Å². The van der Waals surface area contributed by atoms with Crippen LogP contribution in [0.2, 0.25) is 0 Å². The van der Waals surface area contributed by atoms with E-state index in [1.165, 1.54) is 111 Å². The Balaban J connectivity index is 1.29. The number of aryl methyl sites for hydroxylation is 2. The number of ketones is 1. The molecule has 0 heterocycles. The van der Waals surface area contributed by atoms with E-state index >= 15 is 0 Å². The van der Waals surface area contributed by atoms with Crippen LogP contribution in [0.3, 0.4) is 0 Å². The molecule has 214 valence electrons. The minimum atomic E-state index is -0.203. The van der Waals surface area contributed by atoms with Gasteiger partial charge in [-0.3, -0.25) is 4.79 Å². The summed E-state index contributed by atoms with van der Waals surface area (Å²) < 4.78 is 0. The SMILES string of the molecule is C=C(c1ccc(CCC2(C(=O)C=CCc3ccccc3C)CCC3(CCCCCCC3)C2)cc1)C1CCCCC1. The fraction of sp³-hybridized carbons (Fsp3) is 0.564. The van der Waals surface area contributed by atoms with Crippen LogP contribution in [-0.2, 0) is 17.6 Å². The molecule has 1 heteroatoms. The monoisotopic (exact) mass is 536 g/mol. The highest BCUT2D eigenvalue weighted by atomic mass is 16.1. The molecular weight excluding hydrogens is 484 g/mol. The molecule has 3 fully saturated rings. The molecule has 2 aromatic carbocycles. The third-order valence-corrected chi connectivity index (χ3v) is 11.0. The van der Waals surface area contributed by atoms with Crippen LogP contribution < -0.4 is 0 Å². The first-order valence-corrected chi connectivity index (χ1v) is 16.5. The average Bonchev–Trinajstić information content (AvgIpc) is 3.36. The second kappa shape index (κ2) is 13.5. The smallest absolute Gasteiger partial charge is 0.161 e. The maximum absolute atomic E-state index is 14.1. The summed E-state index contributed by atoms with van der Waals surface area (Å²) in [7, 11) is 0. The Morgan fingerprint density at radius 3 is 2.25 bits per heavy atom. The van der Waals surface area contributed by atoms with Crippen molar-refractivity contribution in [2.75, 3.05) is 0 Å². The molecule has 0 amide bonds. The summed E-state index contributed by atoms with van der Waals surface area (Å²) in [6, 6.07) is 17.8. The molecule has 3 aliphatic rings. The molecule has 1 unspecified atom stereocenters. The van der Waals surface area contributed by atoms with Gasteiger partial charge in [0, 0.05) is 5.41 Å². The second-order valence-electron chi connectivity index (χ2n) is 13.7. The summed E-state index contributed by atoms with van der Waals surface area (Å²) in [5.41, 5.74) is 6.83. The van der Waals surface area contributed by atoms with E-state index in [1.54, 1.807) is 0 Å². The van der Waals surface area contributed by atoms with Gasteiger partial charge in [-0.1, -0.05) is 113 Å². The van der Waals surface area contributed by atoms with Crippen molar-refractivity contribution < 1.29 is 4.79 Å². The highest BCUT2D eigenvalue weighted by Crippen LogP contribution is 2.57. The van der Waals surface area contributed by atoms with Crippen LogP contribution in [0.25, 0.3) is 5.57 Å². The Bertz CT molecular complexity index is 1150. The van der Waals surface area contributed by atoms with Crippen molar-refractivity contribution in [1.82, 2.24) is 0 Å². The quantitative estimate of drug-likeness (QED) is 0.291. The lowest BCUT2D eigenvalue weighted by atomic mass is 9.69. The van der Waals surface area contributed by atoms with E-state index in [4.69, 9.17) is 0 Å². The number of allylic oxidation sites excluding steroid dienone is 3. The van der Waals surface area contributed by atoms with Crippen molar-refractivity contribution in [1.29, 1.82) is 0 Å². The lowest BCUT2D eigenvalue weighted by Gasteiger charge is -2.34. The lowest BCUT2D eigenvalue weighted by molar-refractivity contribution is -0.124. The Morgan fingerprint density at radius 2 is 1.52 bits per heavy atom. The minimum Gasteiger partial charge on any atom is -0.294 e. The predicted molar refractivity (Wildman–Crippen MR) is 170 cm³/mol. The van der Waals surface area contributed by atoms with Crippen LogP contribution in [0, 0.1) is 23.7 Å². The Kier molecular flexibility index (Phi) is 9.82. The first kappa shape index (κ1) is 29.1. The third kappa shape index (κ3) is 7.07. The summed E-state index contributed by atoms with van der Waals surface area (Å²) in [6.07, 6.45) is 26.5. The second-order valence-corrected chi connectivity index (χ2v) is 13.7. The number of carbonyl (C=O) groups is 1. The topological polar surface area (TPSA) is 17.1 Å².